The number of nitrogens with zero attached hydrogens (tertiary/aromatic N) is 5. The molecule has 0 fully saturated rings. The zero-order valence-corrected chi connectivity index (χ0v) is 11.3. The Bertz CT molecular complexity index is 719. The van der Waals surface area contributed by atoms with Crippen molar-refractivity contribution in [2.45, 2.75) is 6.61 Å². The van der Waals surface area contributed by atoms with E-state index in [9.17, 15) is 10.1 Å². The molecule has 1 heterocycles. The molecule has 0 saturated carbocycles. The van der Waals surface area contributed by atoms with Gasteiger partial charge in [-0.15, -0.1) is 5.10 Å². The molecule has 0 atom stereocenters. The Morgan fingerprint density at radius 1 is 1.48 bits per heavy atom. The standard InChI is InChI=1S/C12H11N5O4/c1-20-7-11-9(6-13)14-15-16(11)8-3-4-12(21-2)10(5-8)17(18)19/h3-5H,7H2,1-2H3. The summed E-state index contributed by atoms with van der Waals surface area (Å²) in [7, 11) is 2.82. The van der Waals surface area contributed by atoms with Crippen LogP contribution < -0.4 is 4.74 Å². The lowest BCUT2D eigenvalue weighted by molar-refractivity contribution is -0.385. The molecule has 0 spiro atoms. The minimum atomic E-state index is -0.555. The largest absolute Gasteiger partial charge is 0.490 e. The molecule has 108 valence electrons. The van der Waals surface area contributed by atoms with Crippen molar-refractivity contribution in [2.24, 2.45) is 0 Å². The van der Waals surface area contributed by atoms with Gasteiger partial charge in [-0.3, -0.25) is 10.1 Å². The van der Waals surface area contributed by atoms with E-state index in [1.54, 1.807) is 6.07 Å². The summed E-state index contributed by atoms with van der Waals surface area (Å²) in [4.78, 5) is 10.5. The summed E-state index contributed by atoms with van der Waals surface area (Å²) in [5.41, 5.74) is 0.714. The van der Waals surface area contributed by atoms with Crippen molar-refractivity contribution in [3.05, 3.63) is 39.7 Å². The van der Waals surface area contributed by atoms with Gasteiger partial charge >= 0.3 is 5.69 Å². The van der Waals surface area contributed by atoms with Crippen molar-refractivity contribution >= 4 is 5.69 Å². The monoisotopic (exact) mass is 289 g/mol. The molecule has 9 nitrogen and oxygen atoms in total. The van der Waals surface area contributed by atoms with Crippen molar-refractivity contribution in [1.82, 2.24) is 15.0 Å². The number of methoxy groups -OCH3 is 2. The maximum Gasteiger partial charge on any atom is 0.313 e. The van der Waals surface area contributed by atoms with Gasteiger partial charge in [-0.2, -0.15) is 5.26 Å². The molecule has 9 heteroatoms. The number of benzene rings is 1. The molecule has 0 aliphatic rings. The third kappa shape index (κ3) is 2.65. The lowest BCUT2D eigenvalue weighted by atomic mass is 10.2. The second-order valence-corrected chi connectivity index (χ2v) is 3.95. The predicted octanol–water partition coefficient (Wildman–Crippen LogP) is 1.20. The van der Waals surface area contributed by atoms with Crippen molar-refractivity contribution in [3.63, 3.8) is 0 Å². The van der Waals surface area contributed by atoms with Crippen LogP contribution in [0.25, 0.3) is 5.69 Å². The van der Waals surface area contributed by atoms with E-state index in [0.717, 1.165) is 0 Å². The molecule has 0 radical (unpaired) electrons. The van der Waals surface area contributed by atoms with Gasteiger partial charge < -0.3 is 9.47 Å². The SMILES string of the molecule is COCc1c(C#N)nnn1-c1ccc(OC)c([N+](=O)[O-])c1. The quantitative estimate of drug-likeness (QED) is 0.599. The molecule has 0 saturated heterocycles. The first-order valence-corrected chi connectivity index (χ1v) is 5.78. The molecule has 1 aromatic carbocycles. The zero-order valence-electron chi connectivity index (χ0n) is 11.3. The van der Waals surface area contributed by atoms with Crippen LogP contribution in [0.5, 0.6) is 5.75 Å². The van der Waals surface area contributed by atoms with Crippen LogP contribution in [-0.2, 0) is 11.3 Å². The molecular weight excluding hydrogens is 278 g/mol. The summed E-state index contributed by atoms with van der Waals surface area (Å²) in [6.07, 6.45) is 0. The van der Waals surface area contributed by atoms with E-state index in [1.165, 1.54) is 31.0 Å². The number of nitro benzene ring substituents is 1. The first-order chi connectivity index (χ1) is 10.1. The number of nitro groups is 1. The molecule has 2 rings (SSSR count). The van der Waals surface area contributed by atoms with Crippen LogP contribution >= 0.6 is 0 Å². The van der Waals surface area contributed by atoms with Crippen molar-refractivity contribution in [3.8, 4) is 17.5 Å². The average molecular weight is 289 g/mol. The smallest absolute Gasteiger partial charge is 0.313 e. The molecular formula is C12H11N5O4. The molecule has 0 unspecified atom stereocenters. The van der Waals surface area contributed by atoms with Gasteiger partial charge in [0, 0.05) is 13.2 Å². The fraction of sp³-hybridized carbons (Fsp3) is 0.250. The van der Waals surface area contributed by atoms with Gasteiger partial charge in [0.05, 0.1) is 24.3 Å². The summed E-state index contributed by atoms with van der Waals surface area (Å²) in [6, 6.07) is 6.24. The Morgan fingerprint density at radius 2 is 2.24 bits per heavy atom. The minimum absolute atomic E-state index is 0.107. The second kappa shape index (κ2) is 5.98. The van der Waals surface area contributed by atoms with Gasteiger partial charge in [-0.1, -0.05) is 5.21 Å². The Kier molecular flexibility index (Phi) is 4.10. The van der Waals surface area contributed by atoms with Crippen LogP contribution in [-0.4, -0.2) is 34.1 Å². The van der Waals surface area contributed by atoms with Crippen LogP contribution in [0.15, 0.2) is 18.2 Å². The lowest BCUT2D eigenvalue weighted by Crippen LogP contribution is -2.05. The third-order valence-electron chi connectivity index (χ3n) is 2.75. The van der Waals surface area contributed by atoms with E-state index in [-0.39, 0.29) is 23.7 Å². The van der Waals surface area contributed by atoms with E-state index in [0.29, 0.717) is 11.4 Å². The molecule has 2 aromatic rings. The van der Waals surface area contributed by atoms with Crippen LogP contribution in [0.2, 0.25) is 0 Å². The summed E-state index contributed by atoms with van der Waals surface area (Å²) in [5, 5.41) is 27.6. The van der Waals surface area contributed by atoms with Crippen LogP contribution in [0.3, 0.4) is 0 Å². The Hall–Kier alpha value is -2.99. The van der Waals surface area contributed by atoms with Gasteiger partial charge in [-0.25, -0.2) is 4.68 Å². The van der Waals surface area contributed by atoms with E-state index < -0.39 is 4.92 Å². The van der Waals surface area contributed by atoms with Crippen LogP contribution in [0.4, 0.5) is 5.69 Å². The van der Waals surface area contributed by atoms with Gasteiger partial charge in [0.2, 0.25) is 0 Å². The maximum atomic E-state index is 11.0. The van der Waals surface area contributed by atoms with Gasteiger partial charge in [-0.05, 0) is 12.1 Å². The number of aromatic nitrogens is 3. The maximum absolute atomic E-state index is 11.0. The normalized spacial score (nSPS) is 10.1. The molecule has 0 amide bonds. The van der Waals surface area contributed by atoms with E-state index in [1.807, 2.05) is 6.07 Å². The third-order valence-corrected chi connectivity index (χ3v) is 2.75. The highest BCUT2D eigenvalue weighted by Gasteiger charge is 2.19. The topological polar surface area (TPSA) is 116 Å². The highest BCUT2D eigenvalue weighted by molar-refractivity contribution is 5.54. The van der Waals surface area contributed by atoms with Gasteiger partial charge in [0.25, 0.3) is 0 Å². The molecule has 0 bridgehead atoms. The van der Waals surface area contributed by atoms with Crippen LogP contribution in [0, 0.1) is 21.4 Å². The predicted molar refractivity (Wildman–Crippen MR) is 70.0 cm³/mol. The molecule has 0 N–H and O–H groups in total. The van der Waals surface area contributed by atoms with Crippen LogP contribution in [0.1, 0.15) is 11.4 Å². The number of nitriles is 1. The van der Waals surface area contributed by atoms with Gasteiger partial charge in [0.1, 0.15) is 11.8 Å². The number of rotatable bonds is 5. The number of hydrogen-bond donors (Lipinski definition) is 0. The highest BCUT2D eigenvalue weighted by atomic mass is 16.6. The zero-order chi connectivity index (χ0) is 15.4. The van der Waals surface area contributed by atoms with E-state index in [4.69, 9.17) is 14.7 Å². The molecule has 0 aliphatic carbocycles. The van der Waals surface area contributed by atoms with Crippen molar-refractivity contribution < 1.29 is 14.4 Å². The molecule has 0 aliphatic heterocycles. The second-order valence-electron chi connectivity index (χ2n) is 3.95. The number of ether oxygens (including phenoxy) is 2. The van der Waals surface area contributed by atoms with E-state index in [2.05, 4.69) is 10.3 Å². The fourth-order valence-corrected chi connectivity index (χ4v) is 1.81. The lowest BCUT2D eigenvalue weighted by Gasteiger charge is -2.07. The average Bonchev–Trinajstić information content (AvgIpc) is 2.89. The highest BCUT2D eigenvalue weighted by Crippen LogP contribution is 2.29. The minimum Gasteiger partial charge on any atom is -0.490 e. The fourth-order valence-electron chi connectivity index (χ4n) is 1.81. The Labute approximate surface area is 119 Å². The molecule has 21 heavy (non-hydrogen) atoms. The van der Waals surface area contributed by atoms with E-state index >= 15 is 0 Å². The van der Waals surface area contributed by atoms with Crippen molar-refractivity contribution in [2.75, 3.05) is 14.2 Å². The first-order valence-electron chi connectivity index (χ1n) is 5.78. The summed E-state index contributed by atoms with van der Waals surface area (Å²) >= 11 is 0. The molecule has 1 aromatic heterocycles. The van der Waals surface area contributed by atoms with Gasteiger partial charge in [0.15, 0.2) is 11.4 Å². The Balaban J connectivity index is 2.57. The summed E-state index contributed by atoms with van der Waals surface area (Å²) in [6.45, 7) is 0.107. The Morgan fingerprint density at radius 3 is 2.81 bits per heavy atom. The first kappa shape index (κ1) is 14.4. The summed E-state index contributed by atoms with van der Waals surface area (Å²) in [5.74, 6) is 0.137. The number of hydrogen-bond acceptors (Lipinski definition) is 7. The van der Waals surface area contributed by atoms with Crippen molar-refractivity contribution in [1.29, 1.82) is 5.26 Å². The summed E-state index contributed by atoms with van der Waals surface area (Å²) < 4.78 is 11.3.